The second-order valence-corrected chi connectivity index (χ2v) is 10.7. The third kappa shape index (κ3) is 6.05. The van der Waals surface area contributed by atoms with Crippen molar-refractivity contribution in [1.82, 2.24) is 20.1 Å². The summed E-state index contributed by atoms with van der Waals surface area (Å²) in [5, 5.41) is 17.1. The van der Waals surface area contributed by atoms with E-state index in [0.717, 1.165) is 32.4 Å². The van der Waals surface area contributed by atoms with Gasteiger partial charge in [0.1, 0.15) is 0 Å². The van der Waals surface area contributed by atoms with E-state index in [2.05, 4.69) is 50.6 Å². The third-order valence-corrected chi connectivity index (χ3v) is 7.27. The number of aryl methyl sites for hydroxylation is 1. The van der Waals surface area contributed by atoms with Gasteiger partial charge in [-0.2, -0.15) is 0 Å². The van der Waals surface area contributed by atoms with Crippen LogP contribution in [-0.2, 0) is 27.4 Å². The molecule has 1 aliphatic heterocycles. The number of para-hydroxylation sites is 1. The number of aromatic nitrogens is 1. The van der Waals surface area contributed by atoms with Crippen LogP contribution in [0.4, 0.5) is 0 Å². The average molecular weight is 485 g/mol. The summed E-state index contributed by atoms with van der Waals surface area (Å²) in [6, 6.07) is 8.57. The molecule has 35 heavy (non-hydrogen) atoms. The number of ether oxygens (including phenoxy) is 1. The lowest BCUT2D eigenvalue weighted by molar-refractivity contribution is -0.139. The summed E-state index contributed by atoms with van der Waals surface area (Å²) in [6.45, 7) is 6.69. The molecule has 192 valence electrons. The zero-order valence-corrected chi connectivity index (χ0v) is 21.3. The fourth-order valence-corrected chi connectivity index (χ4v) is 4.90. The molecule has 1 aliphatic carbocycles. The van der Waals surface area contributed by atoms with Gasteiger partial charge in [-0.15, -0.1) is 0 Å². The molecule has 2 aromatic rings. The van der Waals surface area contributed by atoms with Crippen molar-refractivity contribution < 1.29 is 19.4 Å². The van der Waals surface area contributed by atoms with Crippen molar-refractivity contribution in [1.29, 1.82) is 0 Å². The highest BCUT2D eigenvalue weighted by atomic mass is 16.5. The summed E-state index contributed by atoms with van der Waals surface area (Å²) < 4.78 is 7.51. The fraction of sp³-hybridized carbons (Fsp3) is 0.630. The molecule has 2 heterocycles. The van der Waals surface area contributed by atoms with Crippen LogP contribution in [0.1, 0.15) is 45.1 Å². The molecule has 0 spiro atoms. The summed E-state index contributed by atoms with van der Waals surface area (Å²) in [4.78, 5) is 28.3. The molecular formula is C27H40N4O4. The predicted molar refractivity (Wildman–Crippen MR) is 136 cm³/mol. The Balaban J connectivity index is 1.47. The van der Waals surface area contributed by atoms with Crippen LogP contribution in [0.2, 0.25) is 0 Å². The van der Waals surface area contributed by atoms with Crippen LogP contribution in [0.5, 0.6) is 0 Å². The monoisotopic (exact) mass is 484 g/mol. The van der Waals surface area contributed by atoms with Crippen molar-refractivity contribution in [3.63, 3.8) is 0 Å². The molecule has 8 nitrogen and oxygen atoms in total. The van der Waals surface area contributed by atoms with Gasteiger partial charge in [-0.3, -0.25) is 9.59 Å². The standard InChI is InChI=1S/C27H40N4O4/c1-27(2,18-32)26(34)29-21-13-19(14-28-15-21)25(33)31(22-9-10-22)17-20-16-30(11-6-12-35-3)24-8-5-4-7-23(20)24/h4-5,7-8,16,19,21-22,28,32H,6,9-15,17-18H2,1-3H3,(H,29,34). The number of nitrogens with one attached hydrogen (secondary N) is 2. The van der Waals surface area contributed by atoms with E-state index in [0.29, 0.717) is 32.1 Å². The van der Waals surface area contributed by atoms with E-state index in [4.69, 9.17) is 4.74 Å². The molecule has 0 radical (unpaired) electrons. The Hall–Kier alpha value is -2.42. The van der Waals surface area contributed by atoms with Crippen LogP contribution in [0.15, 0.2) is 30.5 Å². The summed E-state index contributed by atoms with van der Waals surface area (Å²) in [6.07, 6.45) is 5.84. The Morgan fingerprint density at radius 3 is 2.74 bits per heavy atom. The summed E-state index contributed by atoms with van der Waals surface area (Å²) in [5.41, 5.74) is 1.53. The number of rotatable bonds is 11. The van der Waals surface area contributed by atoms with E-state index in [-0.39, 0.29) is 30.4 Å². The number of amides is 2. The van der Waals surface area contributed by atoms with Gasteiger partial charge in [0, 0.05) is 69.1 Å². The van der Waals surface area contributed by atoms with Crippen molar-refractivity contribution in [3.05, 3.63) is 36.0 Å². The average Bonchev–Trinajstić information content (AvgIpc) is 3.65. The highest BCUT2D eigenvalue weighted by molar-refractivity contribution is 5.86. The van der Waals surface area contributed by atoms with Crippen LogP contribution in [0.25, 0.3) is 10.9 Å². The number of nitrogens with zero attached hydrogens (tertiary/aromatic N) is 2. The number of fused-ring (bicyclic) bond motifs is 1. The van der Waals surface area contributed by atoms with Gasteiger partial charge in [0.05, 0.1) is 17.9 Å². The fourth-order valence-electron chi connectivity index (χ4n) is 4.90. The summed E-state index contributed by atoms with van der Waals surface area (Å²) >= 11 is 0. The van der Waals surface area contributed by atoms with E-state index in [1.165, 1.54) is 16.5 Å². The first-order chi connectivity index (χ1) is 16.8. The Morgan fingerprint density at radius 1 is 1.26 bits per heavy atom. The normalized spacial score (nSPS) is 20.7. The predicted octanol–water partition coefficient (Wildman–Crippen LogP) is 2.28. The van der Waals surface area contributed by atoms with E-state index in [1.54, 1.807) is 21.0 Å². The van der Waals surface area contributed by atoms with E-state index in [9.17, 15) is 14.7 Å². The van der Waals surface area contributed by atoms with Gasteiger partial charge < -0.3 is 29.9 Å². The van der Waals surface area contributed by atoms with Gasteiger partial charge in [-0.1, -0.05) is 18.2 Å². The Morgan fingerprint density at radius 2 is 2.03 bits per heavy atom. The largest absolute Gasteiger partial charge is 0.395 e. The molecule has 4 rings (SSSR count). The Kier molecular flexibility index (Phi) is 8.14. The first-order valence-electron chi connectivity index (χ1n) is 12.8. The van der Waals surface area contributed by atoms with Crippen LogP contribution >= 0.6 is 0 Å². The maximum atomic E-state index is 13.7. The number of methoxy groups -OCH3 is 1. The van der Waals surface area contributed by atoms with Gasteiger partial charge in [-0.25, -0.2) is 0 Å². The highest BCUT2D eigenvalue weighted by Crippen LogP contribution is 2.33. The van der Waals surface area contributed by atoms with Crippen molar-refractivity contribution in [2.24, 2.45) is 11.3 Å². The number of aliphatic hydroxyl groups excluding tert-OH is 1. The van der Waals surface area contributed by atoms with Gasteiger partial charge in [0.2, 0.25) is 11.8 Å². The van der Waals surface area contributed by atoms with Crippen LogP contribution in [0.3, 0.4) is 0 Å². The Bertz CT molecular complexity index is 1030. The van der Waals surface area contributed by atoms with E-state index in [1.807, 2.05) is 0 Å². The topological polar surface area (TPSA) is 95.8 Å². The molecule has 2 aliphatic rings. The zero-order valence-electron chi connectivity index (χ0n) is 21.3. The number of hydrogen-bond acceptors (Lipinski definition) is 5. The lowest BCUT2D eigenvalue weighted by Crippen LogP contribution is -2.55. The SMILES string of the molecule is COCCCn1cc(CN(C(=O)C2CNCC(NC(=O)C(C)(C)CO)C2)C2CC2)c2ccccc21. The van der Waals surface area contributed by atoms with Crippen LogP contribution in [-0.4, -0.2) is 71.9 Å². The molecule has 8 heteroatoms. The lowest BCUT2D eigenvalue weighted by Gasteiger charge is -2.35. The highest BCUT2D eigenvalue weighted by Gasteiger charge is 2.39. The van der Waals surface area contributed by atoms with Crippen molar-refractivity contribution >= 4 is 22.7 Å². The van der Waals surface area contributed by atoms with E-state index < -0.39 is 5.41 Å². The number of piperidine rings is 1. The molecule has 2 unspecified atom stereocenters. The quantitative estimate of drug-likeness (QED) is 0.426. The Labute approximate surface area is 208 Å². The number of carbonyl (C=O) groups excluding carboxylic acids is 2. The van der Waals surface area contributed by atoms with Crippen LogP contribution < -0.4 is 10.6 Å². The molecule has 3 N–H and O–H groups in total. The van der Waals surface area contributed by atoms with Crippen molar-refractivity contribution in [3.8, 4) is 0 Å². The molecule has 1 saturated carbocycles. The smallest absolute Gasteiger partial charge is 0.228 e. The molecule has 0 bridgehead atoms. The molecule has 2 fully saturated rings. The first-order valence-corrected chi connectivity index (χ1v) is 12.8. The molecule has 2 atom stereocenters. The summed E-state index contributed by atoms with van der Waals surface area (Å²) in [7, 11) is 1.72. The van der Waals surface area contributed by atoms with Gasteiger partial charge in [0.15, 0.2) is 0 Å². The number of aliphatic hydroxyl groups is 1. The maximum Gasteiger partial charge on any atom is 0.228 e. The maximum absolute atomic E-state index is 13.7. The molecule has 1 saturated heterocycles. The second-order valence-electron chi connectivity index (χ2n) is 10.7. The van der Waals surface area contributed by atoms with Crippen LogP contribution in [0, 0.1) is 11.3 Å². The minimum absolute atomic E-state index is 0.125. The second kappa shape index (κ2) is 11.1. The first kappa shape index (κ1) is 25.7. The van der Waals surface area contributed by atoms with Crippen molar-refractivity contribution in [2.45, 2.75) is 64.7 Å². The van der Waals surface area contributed by atoms with E-state index >= 15 is 0 Å². The molecule has 2 amide bonds. The minimum Gasteiger partial charge on any atom is -0.395 e. The number of hydrogen-bond donors (Lipinski definition) is 3. The number of benzene rings is 1. The van der Waals surface area contributed by atoms with Gasteiger partial charge >= 0.3 is 0 Å². The zero-order chi connectivity index (χ0) is 25.0. The number of carbonyl (C=O) groups is 2. The van der Waals surface area contributed by atoms with Gasteiger partial charge in [-0.05, 0) is 51.2 Å². The molecule has 1 aromatic heterocycles. The molecular weight excluding hydrogens is 444 g/mol. The third-order valence-electron chi connectivity index (χ3n) is 7.27. The lowest BCUT2D eigenvalue weighted by atomic mass is 9.90. The summed E-state index contributed by atoms with van der Waals surface area (Å²) in [5.74, 6) is -0.196. The molecule has 1 aromatic carbocycles. The minimum atomic E-state index is -0.839. The van der Waals surface area contributed by atoms with Gasteiger partial charge in [0.25, 0.3) is 0 Å². The van der Waals surface area contributed by atoms with Crippen molar-refractivity contribution in [2.75, 3.05) is 33.4 Å².